The van der Waals surface area contributed by atoms with Gasteiger partial charge in [0.25, 0.3) is 5.91 Å². The fraction of sp³-hybridized carbons (Fsp3) is 0.174. The molecule has 0 atom stereocenters. The number of aryl methyl sites for hydroxylation is 3. The summed E-state index contributed by atoms with van der Waals surface area (Å²) in [5, 5.41) is 9.28. The van der Waals surface area contributed by atoms with Crippen molar-refractivity contribution >= 4 is 45.8 Å². The van der Waals surface area contributed by atoms with Gasteiger partial charge in [0.1, 0.15) is 11.6 Å². The number of amides is 1. The van der Waals surface area contributed by atoms with Crippen molar-refractivity contribution in [1.29, 1.82) is 0 Å². The highest BCUT2D eigenvalue weighted by molar-refractivity contribution is 6.35. The quantitative estimate of drug-likeness (QED) is 0.421. The Balaban J connectivity index is 1.58. The van der Waals surface area contributed by atoms with Gasteiger partial charge in [0.05, 0.1) is 16.2 Å². The lowest BCUT2D eigenvalue weighted by Gasteiger charge is -2.12. The van der Waals surface area contributed by atoms with Crippen LogP contribution in [0.15, 0.2) is 48.5 Å². The van der Waals surface area contributed by atoms with Crippen LogP contribution < -0.4 is 10.1 Å². The van der Waals surface area contributed by atoms with Gasteiger partial charge in [-0.25, -0.2) is 4.98 Å². The molecule has 0 aliphatic rings. The zero-order valence-corrected chi connectivity index (χ0v) is 18.8. The number of benzene rings is 2. The number of hydrogen-bond acceptors (Lipinski definition) is 4. The van der Waals surface area contributed by atoms with Crippen molar-refractivity contribution in [3.63, 3.8) is 0 Å². The standard InChI is InChI=1S/C23H20Cl2N4O2/c1-13-5-4-6-17-14(2)9-20(27-23(13)17)29-21(10-15(3)28-29)26-22(30)12-31-19-8-7-16(24)11-18(19)25/h4-11H,12H2,1-3H3,(H,26,30). The number of carbonyl (C=O) groups excluding carboxylic acids is 1. The zero-order valence-electron chi connectivity index (χ0n) is 17.2. The Morgan fingerprint density at radius 3 is 2.65 bits per heavy atom. The van der Waals surface area contributed by atoms with E-state index < -0.39 is 0 Å². The fourth-order valence-electron chi connectivity index (χ4n) is 3.33. The summed E-state index contributed by atoms with van der Waals surface area (Å²) in [6.07, 6.45) is 0. The molecule has 0 saturated heterocycles. The molecule has 0 fully saturated rings. The molecule has 0 aliphatic heterocycles. The first kappa shape index (κ1) is 21.2. The largest absolute Gasteiger partial charge is 0.482 e. The van der Waals surface area contributed by atoms with E-state index in [4.69, 9.17) is 32.9 Å². The van der Waals surface area contributed by atoms with Crippen LogP contribution in [0.5, 0.6) is 5.75 Å². The lowest BCUT2D eigenvalue weighted by atomic mass is 10.1. The molecule has 2 aromatic carbocycles. The smallest absolute Gasteiger partial charge is 0.263 e. The van der Waals surface area contributed by atoms with Gasteiger partial charge in [0, 0.05) is 16.5 Å². The summed E-state index contributed by atoms with van der Waals surface area (Å²) in [5.74, 6) is 1.17. The van der Waals surface area contributed by atoms with Gasteiger partial charge in [-0.2, -0.15) is 9.78 Å². The van der Waals surface area contributed by atoms with Crippen LogP contribution in [0.4, 0.5) is 5.82 Å². The Morgan fingerprint density at radius 2 is 1.87 bits per heavy atom. The van der Waals surface area contributed by atoms with E-state index in [1.165, 1.54) is 0 Å². The van der Waals surface area contributed by atoms with E-state index in [9.17, 15) is 4.79 Å². The van der Waals surface area contributed by atoms with Crippen molar-refractivity contribution in [2.45, 2.75) is 20.8 Å². The number of nitrogens with one attached hydrogen (secondary N) is 1. The summed E-state index contributed by atoms with van der Waals surface area (Å²) >= 11 is 12.0. The van der Waals surface area contributed by atoms with Crippen LogP contribution in [0.1, 0.15) is 16.8 Å². The number of carbonyl (C=O) groups is 1. The predicted octanol–water partition coefficient (Wildman–Crippen LogP) is 5.67. The highest BCUT2D eigenvalue weighted by atomic mass is 35.5. The van der Waals surface area contributed by atoms with Crippen molar-refractivity contribution in [3.05, 3.63) is 75.4 Å². The maximum absolute atomic E-state index is 12.5. The number of fused-ring (bicyclic) bond motifs is 1. The first-order chi connectivity index (χ1) is 14.8. The Hall–Kier alpha value is -3.09. The van der Waals surface area contributed by atoms with Crippen molar-refractivity contribution in [2.24, 2.45) is 0 Å². The minimum Gasteiger partial charge on any atom is -0.482 e. The average Bonchev–Trinajstić information content (AvgIpc) is 3.08. The van der Waals surface area contributed by atoms with Crippen LogP contribution in [-0.4, -0.2) is 27.3 Å². The van der Waals surface area contributed by atoms with Gasteiger partial charge in [0.15, 0.2) is 12.4 Å². The first-order valence-electron chi connectivity index (χ1n) is 9.63. The van der Waals surface area contributed by atoms with Gasteiger partial charge in [-0.05, 0) is 56.2 Å². The molecule has 0 aliphatic carbocycles. The summed E-state index contributed by atoms with van der Waals surface area (Å²) in [5.41, 5.74) is 3.81. The first-order valence-corrected chi connectivity index (χ1v) is 10.4. The van der Waals surface area contributed by atoms with E-state index in [1.807, 2.05) is 45.0 Å². The second-order valence-corrected chi connectivity index (χ2v) is 8.11. The minimum absolute atomic E-state index is 0.213. The molecule has 0 unspecified atom stereocenters. The van der Waals surface area contributed by atoms with Gasteiger partial charge in [-0.1, -0.05) is 41.4 Å². The second kappa shape index (κ2) is 8.57. The molecule has 2 aromatic heterocycles. The minimum atomic E-state index is -0.346. The molecule has 31 heavy (non-hydrogen) atoms. The van der Waals surface area contributed by atoms with Crippen LogP contribution in [0.2, 0.25) is 10.0 Å². The van der Waals surface area contributed by atoms with E-state index in [0.717, 1.165) is 27.7 Å². The Labute approximate surface area is 189 Å². The van der Waals surface area contributed by atoms with E-state index >= 15 is 0 Å². The van der Waals surface area contributed by atoms with Gasteiger partial charge in [0.2, 0.25) is 0 Å². The van der Waals surface area contributed by atoms with Crippen molar-refractivity contribution in [3.8, 4) is 11.6 Å². The van der Waals surface area contributed by atoms with Crippen LogP contribution in [0, 0.1) is 20.8 Å². The maximum atomic E-state index is 12.5. The molecule has 1 N–H and O–H groups in total. The van der Waals surface area contributed by atoms with Crippen molar-refractivity contribution in [2.75, 3.05) is 11.9 Å². The summed E-state index contributed by atoms with van der Waals surface area (Å²) < 4.78 is 7.15. The van der Waals surface area contributed by atoms with Gasteiger partial charge in [-0.3, -0.25) is 4.79 Å². The summed E-state index contributed by atoms with van der Waals surface area (Å²) in [4.78, 5) is 17.3. The molecular weight excluding hydrogens is 435 g/mol. The van der Waals surface area contributed by atoms with Crippen molar-refractivity contribution in [1.82, 2.24) is 14.8 Å². The third-order valence-electron chi connectivity index (χ3n) is 4.80. The van der Waals surface area contributed by atoms with E-state index in [0.29, 0.717) is 27.4 Å². The molecule has 4 rings (SSSR count). The summed E-state index contributed by atoms with van der Waals surface area (Å²) in [7, 11) is 0. The summed E-state index contributed by atoms with van der Waals surface area (Å²) in [6.45, 7) is 5.70. The summed E-state index contributed by atoms with van der Waals surface area (Å²) in [6, 6.07) is 14.7. The fourth-order valence-corrected chi connectivity index (χ4v) is 3.79. The highest BCUT2D eigenvalue weighted by Gasteiger charge is 2.15. The number of para-hydroxylation sites is 1. The molecule has 0 radical (unpaired) electrons. The van der Waals surface area contributed by atoms with Gasteiger partial charge >= 0.3 is 0 Å². The van der Waals surface area contributed by atoms with Crippen molar-refractivity contribution < 1.29 is 9.53 Å². The van der Waals surface area contributed by atoms with Gasteiger partial charge < -0.3 is 10.1 Å². The van der Waals surface area contributed by atoms with E-state index in [2.05, 4.69) is 10.4 Å². The van der Waals surface area contributed by atoms with Crippen LogP contribution in [-0.2, 0) is 4.79 Å². The lowest BCUT2D eigenvalue weighted by molar-refractivity contribution is -0.118. The van der Waals surface area contributed by atoms with Gasteiger partial charge in [-0.15, -0.1) is 0 Å². The molecule has 2 heterocycles. The van der Waals surface area contributed by atoms with E-state index in [1.54, 1.807) is 28.9 Å². The maximum Gasteiger partial charge on any atom is 0.263 e. The molecule has 8 heteroatoms. The number of ether oxygens (including phenoxy) is 1. The third-order valence-corrected chi connectivity index (χ3v) is 5.33. The number of pyridine rings is 1. The number of aromatic nitrogens is 3. The third kappa shape index (κ3) is 4.50. The number of hydrogen-bond donors (Lipinski definition) is 1. The Morgan fingerprint density at radius 1 is 1.06 bits per heavy atom. The molecular formula is C23H20Cl2N4O2. The van der Waals surface area contributed by atoms with E-state index in [-0.39, 0.29) is 12.5 Å². The molecule has 0 spiro atoms. The van der Waals surface area contributed by atoms with Crippen LogP contribution >= 0.6 is 23.2 Å². The Kier molecular flexibility index (Phi) is 5.85. The molecule has 6 nitrogen and oxygen atoms in total. The topological polar surface area (TPSA) is 69.0 Å². The molecule has 4 aromatic rings. The average molecular weight is 455 g/mol. The number of nitrogens with zero attached hydrogens (tertiary/aromatic N) is 3. The number of rotatable bonds is 5. The van der Waals surface area contributed by atoms with Crippen LogP contribution in [0.25, 0.3) is 16.7 Å². The molecule has 1 amide bonds. The number of anilines is 1. The molecule has 158 valence electrons. The Bertz CT molecular complexity index is 1300. The molecule has 0 bridgehead atoms. The van der Waals surface area contributed by atoms with Crippen LogP contribution in [0.3, 0.4) is 0 Å². The lowest BCUT2D eigenvalue weighted by Crippen LogP contribution is -2.22. The zero-order chi connectivity index (χ0) is 22.1. The predicted molar refractivity (Wildman–Crippen MR) is 124 cm³/mol. The number of halogens is 2. The molecule has 0 saturated carbocycles. The normalized spacial score (nSPS) is 11.0. The highest BCUT2D eigenvalue weighted by Crippen LogP contribution is 2.28. The SMILES string of the molecule is Cc1cc(NC(=O)COc2ccc(Cl)cc2Cl)n(-c2cc(C)c3cccc(C)c3n2)n1. The monoisotopic (exact) mass is 454 g/mol. The second-order valence-electron chi connectivity index (χ2n) is 7.26.